The first kappa shape index (κ1) is 15.3. The molecule has 0 atom stereocenters. The largest absolute Gasteiger partial charge is 0.493 e. The number of methoxy groups -OCH3 is 2. The van der Waals surface area contributed by atoms with Crippen molar-refractivity contribution in [1.29, 1.82) is 0 Å². The second-order valence-corrected chi connectivity index (χ2v) is 5.11. The molecule has 6 heteroatoms. The number of rotatable bonds is 3. The maximum atomic E-state index is 11.5. The van der Waals surface area contributed by atoms with Crippen molar-refractivity contribution in [3.63, 3.8) is 0 Å². The maximum Gasteiger partial charge on any atom is 0.219 e. The summed E-state index contributed by atoms with van der Waals surface area (Å²) >= 11 is 0. The van der Waals surface area contributed by atoms with E-state index in [4.69, 9.17) is 15.2 Å². The number of nitrogens with zero attached hydrogens (tertiary/aromatic N) is 2. The SMILES string of the molecule is COc1cc(N)c(N2CCCN(C(C)=O)CC2)cc1OC. The zero-order valence-corrected chi connectivity index (χ0v) is 12.9. The van der Waals surface area contributed by atoms with Crippen molar-refractivity contribution in [3.05, 3.63) is 12.1 Å². The molecule has 2 N–H and O–H groups in total. The van der Waals surface area contributed by atoms with Crippen molar-refractivity contribution in [2.45, 2.75) is 13.3 Å². The second kappa shape index (κ2) is 6.56. The van der Waals surface area contributed by atoms with Crippen LogP contribution in [-0.2, 0) is 4.79 Å². The Hall–Kier alpha value is -2.11. The number of ether oxygens (including phenoxy) is 2. The van der Waals surface area contributed by atoms with E-state index in [2.05, 4.69) is 4.90 Å². The number of nitrogen functional groups attached to an aromatic ring is 1. The normalized spacial score (nSPS) is 15.6. The van der Waals surface area contributed by atoms with Crippen molar-refractivity contribution in [2.24, 2.45) is 0 Å². The molecule has 1 fully saturated rings. The van der Waals surface area contributed by atoms with E-state index in [9.17, 15) is 4.79 Å². The number of carbonyl (C=O) groups excluding carboxylic acids is 1. The molecule has 0 saturated carbocycles. The molecular formula is C15H23N3O3. The molecule has 2 rings (SSSR count). The third-order valence-corrected chi connectivity index (χ3v) is 3.81. The number of amides is 1. The molecule has 1 aliphatic rings. The number of nitrogens with two attached hydrogens (primary N) is 1. The Kier molecular flexibility index (Phi) is 4.77. The fourth-order valence-corrected chi connectivity index (χ4v) is 2.63. The molecule has 116 valence electrons. The van der Waals surface area contributed by atoms with Crippen molar-refractivity contribution < 1.29 is 14.3 Å². The average molecular weight is 293 g/mol. The lowest BCUT2D eigenvalue weighted by atomic mass is 10.2. The molecular weight excluding hydrogens is 270 g/mol. The average Bonchev–Trinajstić information content (AvgIpc) is 2.72. The van der Waals surface area contributed by atoms with Gasteiger partial charge in [-0.3, -0.25) is 4.79 Å². The fraction of sp³-hybridized carbons (Fsp3) is 0.533. The number of anilines is 2. The van der Waals surface area contributed by atoms with Crippen LogP contribution in [0.5, 0.6) is 11.5 Å². The summed E-state index contributed by atoms with van der Waals surface area (Å²) in [6.45, 7) is 4.74. The van der Waals surface area contributed by atoms with Crippen LogP contribution >= 0.6 is 0 Å². The van der Waals surface area contributed by atoms with Gasteiger partial charge in [0.05, 0.1) is 25.6 Å². The highest BCUT2D eigenvalue weighted by molar-refractivity contribution is 5.75. The molecule has 6 nitrogen and oxygen atoms in total. The molecule has 0 bridgehead atoms. The van der Waals surface area contributed by atoms with E-state index in [-0.39, 0.29) is 5.91 Å². The molecule has 0 aromatic heterocycles. The molecule has 1 aliphatic heterocycles. The van der Waals surface area contributed by atoms with Crippen LogP contribution < -0.4 is 20.1 Å². The fourth-order valence-electron chi connectivity index (χ4n) is 2.63. The minimum absolute atomic E-state index is 0.122. The molecule has 0 unspecified atom stereocenters. The zero-order chi connectivity index (χ0) is 15.4. The lowest BCUT2D eigenvalue weighted by Gasteiger charge is -2.25. The first-order chi connectivity index (χ1) is 10.1. The van der Waals surface area contributed by atoms with E-state index in [0.29, 0.717) is 23.7 Å². The van der Waals surface area contributed by atoms with Gasteiger partial charge in [-0.15, -0.1) is 0 Å². The molecule has 1 aromatic carbocycles. The predicted octanol–water partition coefficient (Wildman–Crippen LogP) is 1.34. The van der Waals surface area contributed by atoms with E-state index in [0.717, 1.165) is 31.7 Å². The Morgan fingerprint density at radius 3 is 2.38 bits per heavy atom. The molecule has 1 aromatic rings. The van der Waals surface area contributed by atoms with E-state index in [1.165, 1.54) is 0 Å². The molecule has 0 radical (unpaired) electrons. The third kappa shape index (κ3) is 3.32. The highest BCUT2D eigenvalue weighted by Crippen LogP contribution is 2.37. The Bertz CT molecular complexity index is 519. The second-order valence-electron chi connectivity index (χ2n) is 5.11. The lowest BCUT2D eigenvalue weighted by Crippen LogP contribution is -2.33. The van der Waals surface area contributed by atoms with Gasteiger partial charge in [-0.05, 0) is 6.42 Å². The summed E-state index contributed by atoms with van der Waals surface area (Å²) in [6.07, 6.45) is 0.924. The van der Waals surface area contributed by atoms with Crippen LogP contribution in [0.15, 0.2) is 12.1 Å². The van der Waals surface area contributed by atoms with Crippen LogP contribution in [0.3, 0.4) is 0 Å². The maximum absolute atomic E-state index is 11.5. The van der Waals surface area contributed by atoms with Crippen LogP contribution in [0.2, 0.25) is 0 Å². The van der Waals surface area contributed by atoms with Crippen LogP contribution in [0.25, 0.3) is 0 Å². The Morgan fingerprint density at radius 1 is 1.10 bits per heavy atom. The summed E-state index contributed by atoms with van der Waals surface area (Å²) in [4.78, 5) is 15.6. The number of hydrogen-bond donors (Lipinski definition) is 1. The number of hydrogen-bond acceptors (Lipinski definition) is 5. The minimum Gasteiger partial charge on any atom is -0.493 e. The molecule has 1 saturated heterocycles. The van der Waals surface area contributed by atoms with Crippen molar-refractivity contribution in [1.82, 2.24) is 4.90 Å². The van der Waals surface area contributed by atoms with Gasteiger partial charge in [-0.25, -0.2) is 0 Å². The van der Waals surface area contributed by atoms with Gasteiger partial charge < -0.3 is 25.0 Å². The Balaban J connectivity index is 2.23. The van der Waals surface area contributed by atoms with Gasteiger partial charge in [0, 0.05) is 45.2 Å². The van der Waals surface area contributed by atoms with Gasteiger partial charge in [0.1, 0.15) is 0 Å². The number of carbonyl (C=O) groups is 1. The van der Waals surface area contributed by atoms with Gasteiger partial charge in [-0.2, -0.15) is 0 Å². The van der Waals surface area contributed by atoms with Gasteiger partial charge in [0.2, 0.25) is 5.91 Å². The first-order valence-corrected chi connectivity index (χ1v) is 7.08. The smallest absolute Gasteiger partial charge is 0.219 e. The monoisotopic (exact) mass is 293 g/mol. The Morgan fingerprint density at radius 2 is 1.76 bits per heavy atom. The van der Waals surface area contributed by atoms with Crippen LogP contribution in [-0.4, -0.2) is 51.2 Å². The summed E-state index contributed by atoms with van der Waals surface area (Å²) in [6, 6.07) is 3.68. The minimum atomic E-state index is 0.122. The summed E-state index contributed by atoms with van der Waals surface area (Å²) in [5, 5.41) is 0. The first-order valence-electron chi connectivity index (χ1n) is 7.08. The molecule has 0 aliphatic carbocycles. The van der Waals surface area contributed by atoms with Gasteiger partial charge in [0.25, 0.3) is 0 Å². The van der Waals surface area contributed by atoms with E-state index in [1.54, 1.807) is 27.2 Å². The van der Waals surface area contributed by atoms with Gasteiger partial charge >= 0.3 is 0 Å². The van der Waals surface area contributed by atoms with E-state index in [1.807, 2.05) is 11.0 Å². The Labute approximate surface area is 125 Å². The molecule has 21 heavy (non-hydrogen) atoms. The number of benzene rings is 1. The summed E-state index contributed by atoms with van der Waals surface area (Å²) < 4.78 is 10.6. The molecule has 0 spiro atoms. The summed E-state index contributed by atoms with van der Waals surface area (Å²) in [7, 11) is 3.20. The highest BCUT2D eigenvalue weighted by Gasteiger charge is 2.20. The summed E-state index contributed by atoms with van der Waals surface area (Å²) in [5.74, 6) is 1.41. The van der Waals surface area contributed by atoms with E-state index >= 15 is 0 Å². The highest BCUT2D eigenvalue weighted by atomic mass is 16.5. The standard InChI is InChI=1S/C15H23N3O3/c1-11(19)17-5-4-6-18(8-7-17)13-10-15(21-3)14(20-2)9-12(13)16/h9-10H,4-8,16H2,1-3H3. The molecule has 1 heterocycles. The molecule has 1 amide bonds. The zero-order valence-electron chi connectivity index (χ0n) is 12.9. The van der Waals surface area contributed by atoms with Gasteiger partial charge in [0.15, 0.2) is 11.5 Å². The van der Waals surface area contributed by atoms with Crippen molar-refractivity contribution in [3.8, 4) is 11.5 Å². The summed E-state index contributed by atoms with van der Waals surface area (Å²) in [5.41, 5.74) is 7.72. The van der Waals surface area contributed by atoms with Crippen LogP contribution in [0, 0.1) is 0 Å². The van der Waals surface area contributed by atoms with Crippen molar-refractivity contribution >= 4 is 17.3 Å². The topological polar surface area (TPSA) is 68.0 Å². The van der Waals surface area contributed by atoms with Crippen molar-refractivity contribution in [2.75, 3.05) is 51.0 Å². The quantitative estimate of drug-likeness (QED) is 0.852. The van der Waals surface area contributed by atoms with E-state index < -0.39 is 0 Å². The van der Waals surface area contributed by atoms with Gasteiger partial charge in [-0.1, -0.05) is 0 Å². The predicted molar refractivity (Wildman–Crippen MR) is 83.0 cm³/mol. The van der Waals surface area contributed by atoms with Crippen LogP contribution in [0.4, 0.5) is 11.4 Å². The lowest BCUT2D eigenvalue weighted by molar-refractivity contribution is -0.128. The third-order valence-electron chi connectivity index (χ3n) is 3.81. The van der Waals surface area contributed by atoms with Crippen LogP contribution in [0.1, 0.15) is 13.3 Å².